The second kappa shape index (κ2) is 10.6. The molecule has 1 saturated heterocycles. The summed E-state index contributed by atoms with van der Waals surface area (Å²) in [5, 5.41) is 3.12. The van der Waals surface area contributed by atoms with Crippen molar-refractivity contribution < 1.29 is 28.3 Å². The Labute approximate surface area is 211 Å². The third-order valence-electron chi connectivity index (χ3n) is 5.64. The molecule has 1 heterocycles. The zero-order valence-electron chi connectivity index (χ0n) is 19.1. The van der Waals surface area contributed by atoms with Crippen molar-refractivity contribution in [3.63, 3.8) is 0 Å². The normalized spacial score (nSPS) is 15.2. The number of amides is 4. The van der Waals surface area contributed by atoms with Crippen molar-refractivity contribution in [2.75, 3.05) is 17.3 Å². The summed E-state index contributed by atoms with van der Waals surface area (Å²) in [4.78, 5) is 53.4. The molecule has 3 aromatic carbocycles. The molecule has 0 aliphatic carbocycles. The Bertz CT molecular complexity index is 1300. The highest BCUT2D eigenvalue weighted by molar-refractivity contribution is 6.30. The first-order chi connectivity index (χ1) is 17.3. The van der Waals surface area contributed by atoms with E-state index in [4.69, 9.17) is 11.6 Å². The topological polar surface area (TPSA) is 96.0 Å². The van der Waals surface area contributed by atoms with Crippen LogP contribution in [0.5, 0.6) is 0 Å². The van der Waals surface area contributed by atoms with Crippen LogP contribution < -0.4 is 10.2 Å². The van der Waals surface area contributed by atoms with Gasteiger partial charge in [0.05, 0.1) is 24.8 Å². The van der Waals surface area contributed by atoms with Gasteiger partial charge in [0, 0.05) is 17.3 Å². The zero-order chi connectivity index (χ0) is 25.8. The van der Waals surface area contributed by atoms with E-state index in [0.29, 0.717) is 27.5 Å². The van der Waals surface area contributed by atoms with Gasteiger partial charge >= 0.3 is 12.0 Å². The fourth-order valence-corrected chi connectivity index (χ4v) is 3.95. The van der Waals surface area contributed by atoms with E-state index in [-0.39, 0.29) is 13.0 Å². The van der Waals surface area contributed by atoms with E-state index in [9.17, 15) is 23.6 Å². The maximum absolute atomic E-state index is 13.4. The molecule has 1 aliphatic heterocycles. The van der Waals surface area contributed by atoms with Crippen molar-refractivity contribution in [1.29, 1.82) is 0 Å². The minimum atomic E-state index is -1.09. The lowest BCUT2D eigenvalue weighted by Gasteiger charge is -2.21. The number of anilines is 2. The van der Waals surface area contributed by atoms with E-state index in [1.165, 1.54) is 60.5 Å². The van der Waals surface area contributed by atoms with Crippen LogP contribution in [-0.2, 0) is 20.9 Å². The summed E-state index contributed by atoms with van der Waals surface area (Å²) in [6.07, 6.45) is -0.311. The summed E-state index contributed by atoms with van der Waals surface area (Å²) in [5.74, 6) is -2.02. The molecule has 0 unspecified atom stereocenters. The quantitative estimate of drug-likeness (QED) is 0.370. The molecule has 0 radical (unpaired) electrons. The van der Waals surface area contributed by atoms with E-state index in [0.717, 1.165) is 4.90 Å². The lowest BCUT2D eigenvalue weighted by molar-refractivity contribution is -0.124. The van der Waals surface area contributed by atoms with Gasteiger partial charge in [-0.05, 0) is 66.2 Å². The molecule has 8 nitrogen and oxygen atoms in total. The first-order valence-corrected chi connectivity index (χ1v) is 11.3. The van der Waals surface area contributed by atoms with Crippen molar-refractivity contribution in [2.24, 2.45) is 0 Å². The van der Waals surface area contributed by atoms with Gasteiger partial charge in [0.2, 0.25) is 5.91 Å². The maximum Gasteiger partial charge on any atom is 0.337 e. The molecule has 4 rings (SSSR count). The number of nitrogens with zero attached hydrogens (tertiary/aromatic N) is 2. The molecule has 0 spiro atoms. The van der Waals surface area contributed by atoms with Gasteiger partial charge < -0.3 is 15.0 Å². The van der Waals surface area contributed by atoms with Crippen LogP contribution in [0.25, 0.3) is 0 Å². The van der Waals surface area contributed by atoms with Crippen molar-refractivity contribution in [3.05, 3.63) is 94.8 Å². The Morgan fingerprint density at radius 3 is 2.22 bits per heavy atom. The van der Waals surface area contributed by atoms with Crippen molar-refractivity contribution in [3.8, 4) is 0 Å². The molecule has 184 valence electrons. The molecule has 0 aromatic heterocycles. The molecule has 0 saturated carbocycles. The smallest absolute Gasteiger partial charge is 0.337 e. The third-order valence-corrected chi connectivity index (χ3v) is 5.89. The average Bonchev–Trinajstić information content (AvgIpc) is 3.09. The number of carbonyl (C=O) groups excluding carboxylic acids is 4. The molecule has 1 atom stereocenters. The Morgan fingerprint density at radius 2 is 1.61 bits per heavy atom. The van der Waals surface area contributed by atoms with Crippen molar-refractivity contribution in [1.82, 2.24) is 4.90 Å². The van der Waals surface area contributed by atoms with Gasteiger partial charge in [0.25, 0.3) is 5.91 Å². The fourth-order valence-electron chi connectivity index (χ4n) is 3.82. The summed E-state index contributed by atoms with van der Waals surface area (Å²) >= 11 is 5.94. The van der Waals surface area contributed by atoms with Crippen LogP contribution >= 0.6 is 11.6 Å². The number of urea groups is 1. The van der Waals surface area contributed by atoms with Crippen LogP contribution in [0.15, 0.2) is 72.8 Å². The van der Waals surface area contributed by atoms with Crippen molar-refractivity contribution >= 4 is 46.8 Å². The highest BCUT2D eigenvalue weighted by atomic mass is 35.5. The van der Waals surface area contributed by atoms with Crippen molar-refractivity contribution in [2.45, 2.75) is 19.0 Å². The van der Waals surface area contributed by atoms with Crippen LogP contribution in [0, 0.1) is 5.82 Å². The average molecular weight is 510 g/mol. The predicted octanol–water partition coefficient (Wildman–Crippen LogP) is 4.63. The molecule has 0 bridgehead atoms. The fraction of sp³-hybridized carbons (Fsp3) is 0.154. The number of benzene rings is 3. The SMILES string of the molecule is COC(=O)c1ccc(NC(=O)C[C@H]2C(=O)N(c3ccc(Cl)cc3)C(=O)N2Cc2ccc(F)cc2)cc1. The van der Waals surface area contributed by atoms with Crippen LogP contribution in [0.1, 0.15) is 22.3 Å². The van der Waals surface area contributed by atoms with Gasteiger partial charge in [-0.25, -0.2) is 18.9 Å². The van der Waals surface area contributed by atoms with Crippen LogP contribution in [0.4, 0.5) is 20.6 Å². The first kappa shape index (κ1) is 24.9. The molecular weight excluding hydrogens is 489 g/mol. The van der Waals surface area contributed by atoms with Crippen LogP contribution in [0.2, 0.25) is 5.02 Å². The highest BCUT2D eigenvalue weighted by Gasteiger charge is 2.46. The van der Waals surface area contributed by atoms with Gasteiger partial charge in [0.15, 0.2) is 0 Å². The van der Waals surface area contributed by atoms with E-state index < -0.39 is 35.7 Å². The number of methoxy groups -OCH3 is 1. The van der Waals surface area contributed by atoms with Crippen LogP contribution in [0.3, 0.4) is 0 Å². The highest BCUT2D eigenvalue weighted by Crippen LogP contribution is 2.29. The van der Waals surface area contributed by atoms with Crippen LogP contribution in [-0.4, -0.2) is 41.9 Å². The number of imide groups is 1. The molecule has 36 heavy (non-hydrogen) atoms. The molecule has 3 aromatic rings. The van der Waals surface area contributed by atoms with Gasteiger partial charge in [0.1, 0.15) is 11.9 Å². The number of hydrogen-bond acceptors (Lipinski definition) is 5. The standard InChI is InChI=1S/C26H21ClFN3O5/c1-36-25(34)17-4-10-20(11-5-17)29-23(32)14-22-24(33)31(21-12-6-18(27)7-13-21)26(35)30(22)15-16-2-8-19(28)9-3-16/h2-13,22H,14-15H2,1H3,(H,29,32)/t22-/m0/s1. The molecule has 1 N–H and O–H groups in total. The minimum Gasteiger partial charge on any atom is -0.465 e. The number of esters is 1. The third kappa shape index (κ3) is 5.36. The number of halogens is 2. The predicted molar refractivity (Wildman–Crippen MR) is 131 cm³/mol. The molecule has 4 amide bonds. The summed E-state index contributed by atoms with van der Waals surface area (Å²) < 4.78 is 18.0. The number of hydrogen-bond donors (Lipinski definition) is 1. The van der Waals surface area contributed by atoms with E-state index in [1.807, 2.05) is 0 Å². The number of carbonyl (C=O) groups is 4. The second-order valence-corrected chi connectivity index (χ2v) is 8.46. The second-order valence-electron chi connectivity index (χ2n) is 8.02. The molecule has 1 fully saturated rings. The van der Waals surface area contributed by atoms with Gasteiger partial charge in [-0.1, -0.05) is 23.7 Å². The Morgan fingerprint density at radius 1 is 0.972 bits per heavy atom. The summed E-state index contributed by atoms with van der Waals surface area (Å²) in [6, 6.07) is 16.1. The van der Waals surface area contributed by atoms with E-state index >= 15 is 0 Å². The molecular formula is C26H21ClFN3O5. The summed E-state index contributed by atoms with van der Waals surface area (Å²) in [7, 11) is 1.27. The lowest BCUT2D eigenvalue weighted by atomic mass is 10.1. The van der Waals surface area contributed by atoms with E-state index in [2.05, 4.69) is 10.1 Å². The number of rotatable bonds is 7. The molecule has 10 heteroatoms. The van der Waals surface area contributed by atoms with Gasteiger partial charge in [-0.3, -0.25) is 9.59 Å². The Balaban J connectivity index is 1.56. The van der Waals surface area contributed by atoms with Gasteiger partial charge in [-0.2, -0.15) is 0 Å². The lowest BCUT2D eigenvalue weighted by Crippen LogP contribution is -2.37. The largest absolute Gasteiger partial charge is 0.465 e. The minimum absolute atomic E-state index is 0.000710. The Kier molecular flexibility index (Phi) is 7.30. The Hall–Kier alpha value is -4.24. The molecule has 1 aliphatic rings. The summed E-state index contributed by atoms with van der Waals surface area (Å²) in [6.45, 7) is 0.000710. The first-order valence-electron chi connectivity index (χ1n) is 10.9. The number of ether oxygens (including phenoxy) is 1. The maximum atomic E-state index is 13.4. The monoisotopic (exact) mass is 509 g/mol. The van der Waals surface area contributed by atoms with Gasteiger partial charge in [-0.15, -0.1) is 0 Å². The zero-order valence-corrected chi connectivity index (χ0v) is 19.9. The summed E-state index contributed by atoms with van der Waals surface area (Å²) in [5.41, 5.74) is 1.64. The van der Waals surface area contributed by atoms with E-state index in [1.54, 1.807) is 24.3 Å². The number of nitrogens with one attached hydrogen (secondary N) is 1.